The lowest BCUT2D eigenvalue weighted by atomic mass is 10.1. The molecule has 3 rings (SSSR count). The van der Waals surface area contributed by atoms with Gasteiger partial charge in [0.2, 0.25) is 11.7 Å². The zero-order valence-corrected chi connectivity index (χ0v) is 16.1. The summed E-state index contributed by atoms with van der Waals surface area (Å²) < 4.78 is 16.0. The number of hydrogen-bond donors (Lipinski definition) is 1. The minimum Gasteiger partial charge on any atom is -0.493 e. The van der Waals surface area contributed by atoms with Crippen LogP contribution < -0.4 is 19.5 Å². The van der Waals surface area contributed by atoms with Crippen LogP contribution in [-0.2, 0) is 24.3 Å². The van der Waals surface area contributed by atoms with Crippen LogP contribution in [0.3, 0.4) is 0 Å². The lowest BCUT2D eigenvalue weighted by Gasteiger charge is -2.26. The zero-order chi connectivity index (χ0) is 18.5. The fourth-order valence-corrected chi connectivity index (χ4v) is 4.03. The maximum Gasteiger partial charge on any atom is 0.234 e. The molecule has 2 heterocycles. The minimum absolute atomic E-state index is 0.0115. The van der Waals surface area contributed by atoms with Crippen molar-refractivity contribution in [3.8, 4) is 17.2 Å². The molecule has 1 aliphatic rings. The molecule has 0 bridgehead atoms. The van der Waals surface area contributed by atoms with Gasteiger partial charge in [0, 0.05) is 24.5 Å². The smallest absolute Gasteiger partial charge is 0.234 e. The Morgan fingerprint density at radius 2 is 1.92 bits per heavy atom. The van der Waals surface area contributed by atoms with Gasteiger partial charge >= 0.3 is 0 Å². The van der Waals surface area contributed by atoms with Gasteiger partial charge in [-0.3, -0.25) is 9.69 Å². The largest absolute Gasteiger partial charge is 0.493 e. The lowest BCUT2D eigenvalue weighted by Crippen LogP contribution is -2.39. The van der Waals surface area contributed by atoms with Gasteiger partial charge in [-0.25, -0.2) is 0 Å². The van der Waals surface area contributed by atoms with Crippen molar-refractivity contribution in [1.29, 1.82) is 0 Å². The van der Waals surface area contributed by atoms with Crippen molar-refractivity contribution in [3.63, 3.8) is 0 Å². The predicted molar refractivity (Wildman–Crippen MR) is 101 cm³/mol. The van der Waals surface area contributed by atoms with E-state index in [0.29, 0.717) is 30.3 Å². The Balaban J connectivity index is 1.58. The van der Waals surface area contributed by atoms with Crippen molar-refractivity contribution >= 4 is 17.2 Å². The second kappa shape index (κ2) is 8.42. The van der Waals surface area contributed by atoms with Gasteiger partial charge in [-0.2, -0.15) is 0 Å². The summed E-state index contributed by atoms with van der Waals surface area (Å²) in [6.07, 6.45) is 1.02. The van der Waals surface area contributed by atoms with Gasteiger partial charge in [0.15, 0.2) is 11.5 Å². The minimum atomic E-state index is 0.0115. The van der Waals surface area contributed by atoms with Crippen molar-refractivity contribution in [1.82, 2.24) is 10.2 Å². The van der Waals surface area contributed by atoms with E-state index in [1.807, 2.05) is 12.1 Å². The molecular weight excluding hydrogens is 352 g/mol. The van der Waals surface area contributed by atoms with Gasteiger partial charge in [0.25, 0.3) is 0 Å². The SMILES string of the molecule is COc1cc(CNC(=O)CN2CCc3sccc3C2)cc(OC)c1OC. The molecule has 26 heavy (non-hydrogen) atoms. The highest BCUT2D eigenvalue weighted by atomic mass is 32.1. The number of rotatable bonds is 7. The quantitative estimate of drug-likeness (QED) is 0.804. The molecule has 2 aromatic rings. The number of thiophene rings is 1. The molecule has 1 amide bonds. The monoisotopic (exact) mass is 376 g/mol. The molecule has 0 atom stereocenters. The number of carbonyl (C=O) groups excluding carboxylic acids is 1. The van der Waals surface area contributed by atoms with Crippen molar-refractivity contribution in [2.75, 3.05) is 34.4 Å². The number of methoxy groups -OCH3 is 3. The summed E-state index contributed by atoms with van der Waals surface area (Å²) in [5, 5.41) is 5.10. The molecule has 6 nitrogen and oxygen atoms in total. The van der Waals surface area contributed by atoms with E-state index < -0.39 is 0 Å². The standard InChI is InChI=1S/C19H24N2O4S/c1-23-15-8-13(9-16(24-2)19(15)25-3)10-20-18(22)12-21-6-4-17-14(11-21)5-7-26-17/h5,7-9H,4,6,10-12H2,1-3H3,(H,20,22). The van der Waals surface area contributed by atoms with E-state index >= 15 is 0 Å². The molecule has 0 saturated carbocycles. The van der Waals surface area contributed by atoms with E-state index in [0.717, 1.165) is 25.1 Å². The van der Waals surface area contributed by atoms with Crippen LogP contribution in [0.4, 0.5) is 0 Å². The summed E-state index contributed by atoms with van der Waals surface area (Å²) in [6, 6.07) is 5.85. The summed E-state index contributed by atoms with van der Waals surface area (Å²) in [6.45, 7) is 2.58. The van der Waals surface area contributed by atoms with E-state index in [1.165, 1.54) is 10.4 Å². The van der Waals surface area contributed by atoms with Crippen molar-refractivity contribution in [2.24, 2.45) is 0 Å². The summed E-state index contributed by atoms with van der Waals surface area (Å²) in [7, 11) is 4.72. The Bertz CT molecular complexity index is 750. The first kappa shape index (κ1) is 18.5. The fraction of sp³-hybridized carbons (Fsp3) is 0.421. The number of fused-ring (bicyclic) bond motifs is 1. The summed E-state index contributed by atoms with van der Waals surface area (Å²) in [5.74, 6) is 1.72. The van der Waals surface area contributed by atoms with Crippen LogP contribution in [0.15, 0.2) is 23.6 Å². The third-order valence-electron chi connectivity index (χ3n) is 4.47. The Labute approximate surface area is 157 Å². The number of hydrogen-bond acceptors (Lipinski definition) is 6. The number of nitrogens with zero attached hydrogens (tertiary/aromatic N) is 1. The molecule has 0 radical (unpaired) electrons. The highest BCUT2D eigenvalue weighted by Gasteiger charge is 2.19. The lowest BCUT2D eigenvalue weighted by molar-refractivity contribution is -0.122. The number of carbonyl (C=O) groups is 1. The Morgan fingerprint density at radius 1 is 1.19 bits per heavy atom. The number of nitrogens with one attached hydrogen (secondary N) is 1. The van der Waals surface area contributed by atoms with Crippen LogP contribution in [0.2, 0.25) is 0 Å². The maximum atomic E-state index is 12.3. The third kappa shape index (κ3) is 4.11. The molecule has 140 valence electrons. The average molecular weight is 376 g/mol. The Morgan fingerprint density at radius 3 is 2.58 bits per heavy atom. The van der Waals surface area contributed by atoms with E-state index in [-0.39, 0.29) is 5.91 Å². The van der Waals surface area contributed by atoms with Gasteiger partial charge in [0.05, 0.1) is 27.9 Å². The maximum absolute atomic E-state index is 12.3. The molecule has 0 spiro atoms. The van der Waals surface area contributed by atoms with Crippen molar-refractivity contribution in [3.05, 3.63) is 39.6 Å². The number of ether oxygens (including phenoxy) is 3. The van der Waals surface area contributed by atoms with Crippen LogP contribution in [0.25, 0.3) is 0 Å². The van der Waals surface area contributed by atoms with Crippen LogP contribution in [0, 0.1) is 0 Å². The molecule has 1 aromatic heterocycles. The first-order valence-electron chi connectivity index (χ1n) is 8.47. The van der Waals surface area contributed by atoms with Gasteiger partial charge < -0.3 is 19.5 Å². The average Bonchev–Trinajstić information content (AvgIpc) is 3.13. The molecule has 0 saturated heterocycles. The number of amides is 1. The van der Waals surface area contributed by atoms with Gasteiger partial charge in [-0.1, -0.05) is 0 Å². The van der Waals surface area contributed by atoms with Crippen LogP contribution >= 0.6 is 11.3 Å². The van der Waals surface area contributed by atoms with Gasteiger partial charge in [-0.15, -0.1) is 11.3 Å². The molecular formula is C19H24N2O4S. The second-order valence-corrected chi connectivity index (χ2v) is 7.14. The van der Waals surface area contributed by atoms with Gasteiger partial charge in [0.1, 0.15) is 0 Å². The molecule has 1 aromatic carbocycles. The van der Waals surface area contributed by atoms with E-state index in [2.05, 4.69) is 21.7 Å². The summed E-state index contributed by atoms with van der Waals surface area (Å²) >= 11 is 1.80. The van der Waals surface area contributed by atoms with E-state index in [4.69, 9.17) is 14.2 Å². The highest BCUT2D eigenvalue weighted by Crippen LogP contribution is 2.38. The van der Waals surface area contributed by atoms with Crippen LogP contribution in [0.1, 0.15) is 16.0 Å². The fourth-order valence-electron chi connectivity index (χ4n) is 3.14. The van der Waals surface area contributed by atoms with Crippen molar-refractivity contribution in [2.45, 2.75) is 19.5 Å². The molecule has 0 aliphatic carbocycles. The molecule has 7 heteroatoms. The summed E-state index contributed by atoms with van der Waals surface area (Å²) in [4.78, 5) is 16.0. The zero-order valence-electron chi connectivity index (χ0n) is 15.3. The molecule has 1 aliphatic heterocycles. The predicted octanol–water partition coefficient (Wildman–Crippen LogP) is 2.45. The Kier molecular flexibility index (Phi) is 6.00. The van der Waals surface area contributed by atoms with Crippen LogP contribution in [-0.4, -0.2) is 45.2 Å². The first-order chi connectivity index (χ1) is 12.6. The molecule has 1 N–H and O–H groups in total. The first-order valence-corrected chi connectivity index (χ1v) is 9.35. The summed E-state index contributed by atoms with van der Waals surface area (Å²) in [5.41, 5.74) is 2.24. The normalized spacial score (nSPS) is 13.8. The second-order valence-electron chi connectivity index (χ2n) is 6.14. The van der Waals surface area contributed by atoms with Crippen molar-refractivity contribution < 1.29 is 19.0 Å². The highest BCUT2D eigenvalue weighted by molar-refractivity contribution is 7.10. The van der Waals surface area contributed by atoms with Crippen LogP contribution in [0.5, 0.6) is 17.2 Å². The molecule has 0 unspecified atom stereocenters. The molecule has 0 fully saturated rings. The topological polar surface area (TPSA) is 60.0 Å². The van der Waals surface area contributed by atoms with E-state index in [9.17, 15) is 4.79 Å². The van der Waals surface area contributed by atoms with Gasteiger partial charge in [-0.05, 0) is 41.1 Å². The number of benzene rings is 1. The Hall–Kier alpha value is -2.25. The van der Waals surface area contributed by atoms with E-state index in [1.54, 1.807) is 32.7 Å². The third-order valence-corrected chi connectivity index (χ3v) is 5.49.